The Kier molecular flexibility index (Phi) is 8.25. The largest absolute Gasteiger partial charge is 0.304 e. The van der Waals surface area contributed by atoms with Gasteiger partial charge in [-0.3, -0.25) is 0 Å². The molecule has 0 aromatic carbocycles. The normalized spacial score (nSPS) is 13.7. The van der Waals surface area contributed by atoms with Gasteiger partial charge in [0.05, 0.1) is 6.07 Å². The van der Waals surface area contributed by atoms with Crippen LogP contribution >= 0.6 is 0 Å². The fraction of sp³-hybridized carbons (Fsp3) is 0.933. The molecule has 0 aromatic heterocycles. The summed E-state index contributed by atoms with van der Waals surface area (Å²) < 4.78 is 0. The summed E-state index contributed by atoms with van der Waals surface area (Å²) in [6.07, 6.45) is 8.19. The van der Waals surface area contributed by atoms with E-state index in [4.69, 9.17) is 5.26 Å². The average Bonchev–Trinajstić information content (AvgIpc) is 2.24. The summed E-state index contributed by atoms with van der Waals surface area (Å²) >= 11 is 0. The molecule has 0 N–H and O–H groups in total. The molecule has 2 heteroatoms. The van der Waals surface area contributed by atoms with E-state index in [-0.39, 0.29) is 0 Å². The van der Waals surface area contributed by atoms with Crippen LogP contribution in [0.2, 0.25) is 0 Å². The second-order valence-electron chi connectivity index (χ2n) is 6.11. The Balaban J connectivity index is 3.58. The molecule has 0 aliphatic heterocycles. The van der Waals surface area contributed by atoms with E-state index in [9.17, 15) is 0 Å². The Morgan fingerprint density at radius 1 is 1.12 bits per heavy atom. The van der Waals surface area contributed by atoms with Crippen LogP contribution < -0.4 is 0 Å². The highest BCUT2D eigenvalue weighted by Gasteiger charge is 2.19. The van der Waals surface area contributed by atoms with Gasteiger partial charge in [-0.05, 0) is 46.7 Å². The van der Waals surface area contributed by atoms with Crippen molar-refractivity contribution < 1.29 is 0 Å². The third kappa shape index (κ3) is 8.21. The van der Waals surface area contributed by atoms with Gasteiger partial charge in [-0.1, -0.05) is 32.6 Å². The Morgan fingerprint density at radius 3 is 2.24 bits per heavy atom. The molecular weight excluding hydrogens is 208 g/mol. The zero-order valence-corrected chi connectivity index (χ0v) is 12.4. The van der Waals surface area contributed by atoms with E-state index < -0.39 is 0 Å². The third-order valence-electron chi connectivity index (χ3n) is 3.93. The Morgan fingerprint density at radius 2 is 1.71 bits per heavy atom. The number of unbranched alkanes of at least 4 members (excludes halogenated alkanes) is 2. The lowest BCUT2D eigenvalue weighted by molar-refractivity contribution is 0.174. The molecule has 0 aliphatic rings. The molecule has 17 heavy (non-hydrogen) atoms. The lowest BCUT2D eigenvalue weighted by Crippen LogP contribution is -2.37. The second-order valence-corrected chi connectivity index (χ2v) is 6.11. The standard InChI is InChI=1S/C15H30N2/c1-14(10-7-6-8-13-16)11-9-12-15(2,3)17(4)5/h14H,6-12H2,1-5H3. The maximum Gasteiger partial charge on any atom is 0.0621 e. The summed E-state index contributed by atoms with van der Waals surface area (Å²) in [5, 5.41) is 8.46. The zero-order chi connectivity index (χ0) is 13.3. The molecular formula is C15H30N2. The molecule has 0 fully saturated rings. The van der Waals surface area contributed by atoms with Gasteiger partial charge < -0.3 is 4.90 Å². The monoisotopic (exact) mass is 238 g/mol. The smallest absolute Gasteiger partial charge is 0.0621 e. The first-order valence-corrected chi connectivity index (χ1v) is 6.94. The van der Waals surface area contributed by atoms with Crippen LogP contribution in [0.15, 0.2) is 0 Å². The van der Waals surface area contributed by atoms with Crippen molar-refractivity contribution >= 4 is 0 Å². The molecule has 0 rings (SSSR count). The van der Waals surface area contributed by atoms with Gasteiger partial charge in [-0.2, -0.15) is 5.26 Å². The predicted octanol–water partition coefficient (Wildman–Crippen LogP) is 4.22. The van der Waals surface area contributed by atoms with Crippen LogP contribution in [0.5, 0.6) is 0 Å². The van der Waals surface area contributed by atoms with E-state index in [0.29, 0.717) is 5.54 Å². The van der Waals surface area contributed by atoms with Crippen molar-refractivity contribution in [2.45, 2.75) is 71.3 Å². The van der Waals surface area contributed by atoms with E-state index in [2.05, 4.69) is 45.8 Å². The van der Waals surface area contributed by atoms with Gasteiger partial charge in [0, 0.05) is 12.0 Å². The Hall–Kier alpha value is -0.550. The van der Waals surface area contributed by atoms with Crippen LogP contribution in [-0.2, 0) is 0 Å². The van der Waals surface area contributed by atoms with Crippen molar-refractivity contribution in [1.82, 2.24) is 4.90 Å². The van der Waals surface area contributed by atoms with Gasteiger partial charge in [-0.25, -0.2) is 0 Å². The van der Waals surface area contributed by atoms with Crippen LogP contribution in [0.25, 0.3) is 0 Å². The van der Waals surface area contributed by atoms with Crippen LogP contribution in [0.4, 0.5) is 0 Å². The first-order valence-electron chi connectivity index (χ1n) is 6.94. The van der Waals surface area contributed by atoms with Gasteiger partial charge in [0.2, 0.25) is 0 Å². The molecule has 0 heterocycles. The summed E-state index contributed by atoms with van der Waals surface area (Å²) in [6.45, 7) is 6.96. The number of hydrogen-bond donors (Lipinski definition) is 0. The molecule has 0 aromatic rings. The Labute approximate surface area is 108 Å². The van der Waals surface area contributed by atoms with E-state index in [0.717, 1.165) is 18.8 Å². The molecule has 1 atom stereocenters. The number of rotatable bonds is 9. The lowest BCUT2D eigenvalue weighted by Gasteiger charge is -2.33. The SMILES string of the molecule is CC(CCCCC#N)CCCC(C)(C)N(C)C. The first-order chi connectivity index (χ1) is 7.90. The van der Waals surface area contributed by atoms with Gasteiger partial charge in [0.1, 0.15) is 0 Å². The minimum absolute atomic E-state index is 0.320. The van der Waals surface area contributed by atoms with E-state index in [1.807, 2.05) is 0 Å². The van der Waals surface area contributed by atoms with Crippen molar-refractivity contribution in [1.29, 1.82) is 5.26 Å². The molecule has 0 saturated heterocycles. The fourth-order valence-corrected chi connectivity index (χ4v) is 1.95. The highest BCUT2D eigenvalue weighted by Crippen LogP contribution is 2.22. The molecule has 0 spiro atoms. The number of nitriles is 1. The van der Waals surface area contributed by atoms with Crippen molar-refractivity contribution in [2.75, 3.05) is 14.1 Å². The van der Waals surface area contributed by atoms with Gasteiger partial charge >= 0.3 is 0 Å². The van der Waals surface area contributed by atoms with Crippen LogP contribution in [-0.4, -0.2) is 24.5 Å². The van der Waals surface area contributed by atoms with Crippen LogP contribution in [0, 0.1) is 17.2 Å². The maximum atomic E-state index is 8.46. The van der Waals surface area contributed by atoms with Crippen molar-refractivity contribution in [2.24, 2.45) is 5.92 Å². The number of hydrogen-bond acceptors (Lipinski definition) is 2. The van der Waals surface area contributed by atoms with Gasteiger partial charge in [-0.15, -0.1) is 0 Å². The average molecular weight is 238 g/mol. The van der Waals surface area contributed by atoms with Crippen LogP contribution in [0.3, 0.4) is 0 Å². The Bertz CT molecular complexity index is 226. The molecule has 0 bridgehead atoms. The first kappa shape index (κ1) is 16.4. The molecule has 0 aliphatic carbocycles. The summed E-state index contributed by atoms with van der Waals surface area (Å²) in [4.78, 5) is 2.31. The molecule has 0 saturated carbocycles. The fourth-order valence-electron chi connectivity index (χ4n) is 1.95. The van der Waals surface area contributed by atoms with Gasteiger partial charge in [0.15, 0.2) is 0 Å². The summed E-state index contributed by atoms with van der Waals surface area (Å²) in [5.41, 5.74) is 0.320. The van der Waals surface area contributed by atoms with Crippen molar-refractivity contribution in [3.63, 3.8) is 0 Å². The predicted molar refractivity (Wildman–Crippen MR) is 74.9 cm³/mol. The van der Waals surface area contributed by atoms with Gasteiger partial charge in [0.25, 0.3) is 0 Å². The van der Waals surface area contributed by atoms with Crippen LogP contribution in [0.1, 0.15) is 65.7 Å². The topological polar surface area (TPSA) is 27.0 Å². The third-order valence-corrected chi connectivity index (χ3v) is 3.93. The second kappa shape index (κ2) is 8.53. The molecule has 2 nitrogen and oxygen atoms in total. The molecule has 0 amide bonds. The number of nitrogens with zero attached hydrogens (tertiary/aromatic N) is 2. The highest BCUT2D eigenvalue weighted by atomic mass is 15.1. The highest BCUT2D eigenvalue weighted by molar-refractivity contribution is 4.77. The lowest BCUT2D eigenvalue weighted by atomic mass is 9.91. The maximum absolute atomic E-state index is 8.46. The summed E-state index contributed by atoms with van der Waals surface area (Å²) in [7, 11) is 4.32. The van der Waals surface area contributed by atoms with E-state index in [1.165, 1.54) is 32.1 Å². The van der Waals surface area contributed by atoms with E-state index in [1.54, 1.807) is 0 Å². The van der Waals surface area contributed by atoms with Crippen molar-refractivity contribution in [3.8, 4) is 6.07 Å². The minimum Gasteiger partial charge on any atom is -0.304 e. The summed E-state index contributed by atoms with van der Waals surface area (Å²) in [6, 6.07) is 2.21. The molecule has 1 unspecified atom stereocenters. The minimum atomic E-state index is 0.320. The molecule has 100 valence electrons. The van der Waals surface area contributed by atoms with E-state index >= 15 is 0 Å². The molecule has 0 radical (unpaired) electrons. The zero-order valence-electron chi connectivity index (χ0n) is 12.4. The van der Waals surface area contributed by atoms with Crippen molar-refractivity contribution in [3.05, 3.63) is 0 Å². The quantitative estimate of drug-likeness (QED) is 0.562. The summed E-state index contributed by atoms with van der Waals surface area (Å²) in [5.74, 6) is 0.812.